The molecule has 2 amide bonds. The maximum Gasteiger partial charge on any atom is 0.235 e. The molecule has 0 aromatic heterocycles. The molecule has 1 atom stereocenters. The highest BCUT2D eigenvalue weighted by molar-refractivity contribution is 5.83. The number of benzene rings is 1. The van der Waals surface area contributed by atoms with Gasteiger partial charge >= 0.3 is 0 Å². The molecule has 0 bridgehead atoms. The summed E-state index contributed by atoms with van der Waals surface area (Å²) in [7, 11) is 0. The average molecular weight is 329 g/mol. The summed E-state index contributed by atoms with van der Waals surface area (Å²) in [6.45, 7) is 1.58. The van der Waals surface area contributed by atoms with Gasteiger partial charge in [-0.2, -0.15) is 0 Å². The van der Waals surface area contributed by atoms with Gasteiger partial charge in [0.15, 0.2) is 0 Å². The van der Waals surface area contributed by atoms with Crippen LogP contribution in [0.2, 0.25) is 0 Å². The second-order valence-corrected chi connectivity index (χ2v) is 7.10. The summed E-state index contributed by atoms with van der Waals surface area (Å²) < 4.78 is 0. The second kappa shape index (κ2) is 7.79. The van der Waals surface area contributed by atoms with Crippen molar-refractivity contribution in [1.82, 2.24) is 10.2 Å². The fourth-order valence-corrected chi connectivity index (χ4v) is 3.91. The monoisotopic (exact) mass is 329 g/mol. The van der Waals surface area contributed by atoms with Crippen molar-refractivity contribution in [2.75, 3.05) is 13.1 Å². The maximum absolute atomic E-state index is 12.3. The number of rotatable bonds is 5. The van der Waals surface area contributed by atoms with Gasteiger partial charge in [0.1, 0.15) is 0 Å². The lowest BCUT2D eigenvalue weighted by molar-refractivity contribution is -0.127. The minimum atomic E-state index is -0.402. The molecule has 0 unspecified atom stereocenters. The van der Waals surface area contributed by atoms with Gasteiger partial charge in [0.25, 0.3) is 0 Å². The number of primary amides is 1. The Hall–Kier alpha value is -1.88. The third kappa shape index (κ3) is 4.15. The largest absolute Gasteiger partial charge is 0.368 e. The maximum atomic E-state index is 12.3. The van der Waals surface area contributed by atoms with Gasteiger partial charge in [-0.05, 0) is 36.3 Å². The molecule has 1 aromatic carbocycles. The van der Waals surface area contributed by atoms with Crippen molar-refractivity contribution in [2.45, 2.75) is 51.1 Å². The van der Waals surface area contributed by atoms with Crippen LogP contribution in [0.1, 0.15) is 43.2 Å². The molecular formula is C19H27N3O2. The van der Waals surface area contributed by atoms with Crippen molar-refractivity contribution in [2.24, 2.45) is 11.7 Å². The van der Waals surface area contributed by atoms with Crippen LogP contribution in [-0.2, 0) is 22.6 Å². The van der Waals surface area contributed by atoms with Crippen LogP contribution < -0.4 is 11.1 Å². The van der Waals surface area contributed by atoms with Crippen LogP contribution in [0.5, 0.6) is 0 Å². The molecule has 0 saturated heterocycles. The zero-order chi connectivity index (χ0) is 16.9. The molecule has 1 aromatic rings. The molecule has 1 aliphatic carbocycles. The van der Waals surface area contributed by atoms with Crippen molar-refractivity contribution in [3.63, 3.8) is 0 Å². The highest BCUT2D eigenvalue weighted by atomic mass is 16.2. The standard InChI is InChI=1S/C19H27N3O2/c20-19(24)17-10-15-8-4-5-9-16(15)12-22(17)13-18(23)21-11-14-6-2-1-3-7-14/h4-5,8-9,14,17H,1-3,6-7,10-13H2,(H2,20,24)(H,21,23)/t17-/m0/s1. The van der Waals surface area contributed by atoms with Crippen LogP contribution in [0.25, 0.3) is 0 Å². The van der Waals surface area contributed by atoms with E-state index in [2.05, 4.69) is 11.4 Å². The predicted molar refractivity (Wildman–Crippen MR) is 93.1 cm³/mol. The van der Waals surface area contributed by atoms with Crippen LogP contribution >= 0.6 is 0 Å². The summed E-state index contributed by atoms with van der Waals surface area (Å²) in [5, 5.41) is 3.05. The van der Waals surface area contributed by atoms with E-state index in [1.165, 1.54) is 37.7 Å². The summed E-state index contributed by atoms with van der Waals surface area (Å²) >= 11 is 0. The highest BCUT2D eigenvalue weighted by Gasteiger charge is 2.31. The Bertz CT molecular complexity index is 596. The molecule has 3 rings (SSSR count). The van der Waals surface area contributed by atoms with Gasteiger partial charge in [-0.25, -0.2) is 0 Å². The zero-order valence-corrected chi connectivity index (χ0v) is 14.2. The molecule has 24 heavy (non-hydrogen) atoms. The number of nitrogens with one attached hydrogen (secondary N) is 1. The van der Waals surface area contributed by atoms with Gasteiger partial charge in [-0.1, -0.05) is 43.5 Å². The summed E-state index contributed by atoms with van der Waals surface area (Å²) in [4.78, 5) is 26.0. The van der Waals surface area contributed by atoms with E-state index >= 15 is 0 Å². The van der Waals surface area contributed by atoms with E-state index < -0.39 is 6.04 Å². The minimum Gasteiger partial charge on any atom is -0.368 e. The van der Waals surface area contributed by atoms with Crippen LogP contribution in [0.3, 0.4) is 0 Å². The van der Waals surface area contributed by atoms with Gasteiger partial charge in [-0.3, -0.25) is 14.5 Å². The third-order valence-corrected chi connectivity index (χ3v) is 5.33. The number of carbonyl (C=O) groups is 2. The van der Waals surface area contributed by atoms with Gasteiger partial charge < -0.3 is 11.1 Å². The molecule has 130 valence electrons. The lowest BCUT2D eigenvalue weighted by Crippen LogP contribution is -2.52. The quantitative estimate of drug-likeness (QED) is 0.861. The molecular weight excluding hydrogens is 302 g/mol. The number of hydrogen-bond acceptors (Lipinski definition) is 3. The van der Waals surface area contributed by atoms with Crippen molar-refractivity contribution < 1.29 is 9.59 Å². The molecule has 0 radical (unpaired) electrons. The van der Waals surface area contributed by atoms with Crippen molar-refractivity contribution >= 4 is 11.8 Å². The van der Waals surface area contributed by atoms with E-state index in [1.54, 1.807) is 0 Å². The number of nitrogens with zero attached hydrogens (tertiary/aromatic N) is 1. The number of carbonyl (C=O) groups excluding carboxylic acids is 2. The summed E-state index contributed by atoms with van der Waals surface area (Å²) in [6, 6.07) is 7.65. The first-order valence-corrected chi connectivity index (χ1v) is 9.00. The molecule has 1 fully saturated rings. The van der Waals surface area contributed by atoms with E-state index in [0.717, 1.165) is 12.1 Å². The minimum absolute atomic E-state index is 0.00814. The van der Waals surface area contributed by atoms with Gasteiger partial charge in [0.2, 0.25) is 11.8 Å². The number of fused-ring (bicyclic) bond motifs is 1. The number of nitrogens with two attached hydrogens (primary N) is 1. The van der Waals surface area contributed by atoms with E-state index in [0.29, 0.717) is 18.9 Å². The fraction of sp³-hybridized carbons (Fsp3) is 0.579. The second-order valence-electron chi connectivity index (χ2n) is 7.10. The Morgan fingerprint density at radius 2 is 1.83 bits per heavy atom. The summed E-state index contributed by atoms with van der Waals surface area (Å²) in [5.41, 5.74) is 7.90. The number of hydrogen-bond donors (Lipinski definition) is 2. The van der Waals surface area contributed by atoms with Gasteiger partial charge in [-0.15, -0.1) is 0 Å². The van der Waals surface area contributed by atoms with E-state index in [-0.39, 0.29) is 18.4 Å². The first kappa shape index (κ1) is 17.0. The molecule has 3 N–H and O–H groups in total. The molecule has 5 heteroatoms. The van der Waals surface area contributed by atoms with Gasteiger partial charge in [0, 0.05) is 13.1 Å². The van der Waals surface area contributed by atoms with Crippen molar-refractivity contribution in [1.29, 1.82) is 0 Å². The molecule has 1 aliphatic heterocycles. The molecule has 1 saturated carbocycles. The Morgan fingerprint density at radius 1 is 1.12 bits per heavy atom. The molecule has 2 aliphatic rings. The molecule has 5 nitrogen and oxygen atoms in total. The molecule has 1 heterocycles. The van der Waals surface area contributed by atoms with Gasteiger partial charge in [0.05, 0.1) is 12.6 Å². The Kier molecular flexibility index (Phi) is 5.51. The number of amides is 2. The predicted octanol–water partition coefficient (Wildman–Crippen LogP) is 1.60. The summed E-state index contributed by atoms with van der Waals surface area (Å²) in [5.74, 6) is 0.243. The smallest absolute Gasteiger partial charge is 0.235 e. The van der Waals surface area contributed by atoms with E-state index in [9.17, 15) is 9.59 Å². The van der Waals surface area contributed by atoms with Crippen LogP contribution in [0.4, 0.5) is 0 Å². The van der Waals surface area contributed by atoms with Crippen molar-refractivity contribution in [3.05, 3.63) is 35.4 Å². The topological polar surface area (TPSA) is 75.4 Å². The Balaban J connectivity index is 1.57. The van der Waals surface area contributed by atoms with E-state index in [1.807, 2.05) is 23.1 Å². The highest BCUT2D eigenvalue weighted by Crippen LogP contribution is 2.24. The molecule has 0 spiro atoms. The van der Waals surface area contributed by atoms with Crippen LogP contribution in [0.15, 0.2) is 24.3 Å². The van der Waals surface area contributed by atoms with E-state index in [4.69, 9.17) is 5.73 Å². The third-order valence-electron chi connectivity index (χ3n) is 5.33. The first-order chi connectivity index (χ1) is 11.6. The summed E-state index contributed by atoms with van der Waals surface area (Å²) in [6.07, 6.45) is 6.86. The first-order valence-electron chi connectivity index (χ1n) is 9.00. The Labute approximate surface area is 143 Å². The average Bonchev–Trinajstić information content (AvgIpc) is 2.60. The van der Waals surface area contributed by atoms with Crippen LogP contribution in [-0.4, -0.2) is 35.8 Å². The lowest BCUT2D eigenvalue weighted by Gasteiger charge is -2.34. The SMILES string of the molecule is NC(=O)[C@@H]1Cc2ccccc2CN1CC(=O)NCC1CCCCC1. The Morgan fingerprint density at radius 3 is 2.54 bits per heavy atom. The normalized spacial score (nSPS) is 21.9. The van der Waals surface area contributed by atoms with Crippen LogP contribution in [0, 0.1) is 5.92 Å². The van der Waals surface area contributed by atoms with Crippen molar-refractivity contribution in [3.8, 4) is 0 Å². The fourth-order valence-electron chi connectivity index (χ4n) is 3.91. The zero-order valence-electron chi connectivity index (χ0n) is 14.2. The lowest BCUT2D eigenvalue weighted by atomic mass is 9.89.